The summed E-state index contributed by atoms with van der Waals surface area (Å²) in [6, 6.07) is 1.83. The zero-order valence-electron chi connectivity index (χ0n) is 14.4. The lowest BCUT2D eigenvalue weighted by Gasteiger charge is -2.38. The lowest BCUT2D eigenvalue weighted by Crippen LogP contribution is -2.53. The molecule has 0 unspecified atom stereocenters. The molecule has 9 heteroatoms. The Morgan fingerprint density at radius 3 is 2.72 bits per heavy atom. The molecular formula is C16H21F2N5O2. The first-order chi connectivity index (χ1) is 11.6. The van der Waals surface area contributed by atoms with Crippen LogP contribution in [0.1, 0.15) is 32.9 Å². The smallest absolute Gasteiger partial charge is 0.410 e. The van der Waals surface area contributed by atoms with E-state index in [0.717, 1.165) is 4.90 Å². The quantitative estimate of drug-likeness (QED) is 0.898. The molecule has 0 spiro atoms. The molecule has 0 bridgehead atoms. The lowest BCUT2D eigenvalue weighted by molar-refractivity contribution is -0.106. The molecule has 1 atom stereocenters. The molecular weight excluding hydrogens is 332 g/mol. The molecule has 2 rings (SSSR count). The summed E-state index contributed by atoms with van der Waals surface area (Å²) in [4.78, 5) is 20.8. The van der Waals surface area contributed by atoms with Gasteiger partial charge in [-0.25, -0.2) is 23.5 Å². The fourth-order valence-corrected chi connectivity index (χ4v) is 2.42. The van der Waals surface area contributed by atoms with E-state index in [2.05, 4.69) is 15.3 Å². The normalized spacial score (nSPS) is 19.8. The number of piperidine rings is 1. The van der Waals surface area contributed by atoms with E-state index in [4.69, 9.17) is 10.00 Å². The Labute approximate surface area is 145 Å². The first-order valence-electron chi connectivity index (χ1n) is 7.92. The van der Waals surface area contributed by atoms with Gasteiger partial charge in [0.15, 0.2) is 5.69 Å². The van der Waals surface area contributed by atoms with Gasteiger partial charge in [-0.1, -0.05) is 0 Å². The number of aromatic nitrogens is 2. The third kappa shape index (κ3) is 5.24. The highest BCUT2D eigenvalue weighted by Crippen LogP contribution is 2.33. The summed E-state index contributed by atoms with van der Waals surface area (Å²) in [5.74, 6) is -3.66. The van der Waals surface area contributed by atoms with Crippen molar-refractivity contribution in [2.45, 2.75) is 38.7 Å². The van der Waals surface area contributed by atoms with Gasteiger partial charge in [0, 0.05) is 19.0 Å². The van der Waals surface area contributed by atoms with Gasteiger partial charge < -0.3 is 15.0 Å². The number of likely N-dealkylation sites (tertiary alicyclic amines) is 1. The molecule has 1 aliphatic heterocycles. The van der Waals surface area contributed by atoms with Gasteiger partial charge in [0.1, 0.15) is 17.5 Å². The van der Waals surface area contributed by atoms with Crippen LogP contribution in [0.15, 0.2) is 12.4 Å². The number of amides is 1. The number of anilines is 1. The monoisotopic (exact) mass is 353 g/mol. The van der Waals surface area contributed by atoms with Gasteiger partial charge in [0.05, 0.1) is 18.9 Å². The van der Waals surface area contributed by atoms with Crippen LogP contribution in [0.4, 0.5) is 19.4 Å². The minimum Gasteiger partial charge on any atom is -0.444 e. The van der Waals surface area contributed by atoms with E-state index < -0.39 is 30.1 Å². The van der Waals surface area contributed by atoms with Crippen molar-refractivity contribution in [3.05, 3.63) is 18.1 Å². The number of nitriles is 1. The zero-order chi connectivity index (χ0) is 18.7. The van der Waals surface area contributed by atoms with Crippen molar-refractivity contribution < 1.29 is 18.3 Å². The predicted molar refractivity (Wildman–Crippen MR) is 86.1 cm³/mol. The van der Waals surface area contributed by atoms with Crippen LogP contribution in [-0.2, 0) is 4.74 Å². The van der Waals surface area contributed by atoms with Crippen LogP contribution in [0.3, 0.4) is 0 Å². The number of hydrogen-bond donors (Lipinski definition) is 1. The SMILES string of the molecule is CC(C)(C)OC(=O)N1CC[C@H](CNc2cnc(C#N)cn2)C(F)(F)C1. The Bertz CT molecular complexity index is 652. The molecule has 1 amide bonds. The highest BCUT2D eigenvalue weighted by atomic mass is 19.3. The molecule has 1 aromatic heterocycles. The number of halogens is 2. The van der Waals surface area contributed by atoms with Gasteiger partial charge in [-0.3, -0.25) is 0 Å². The molecule has 1 saturated heterocycles. The van der Waals surface area contributed by atoms with Crippen molar-refractivity contribution in [3.8, 4) is 6.07 Å². The molecule has 25 heavy (non-hydrogen) atoms. The van der Waals surface area contributed by atoms with Crippen molar-refractivity contribution in [2.75, 3.05) is 25.0 Å². The molecule has 1 N–H and O–H groups in total. The number of carbonyl (C=O) groups excluding carboxylic acids is 1. The number of carbonyl (C=O) groups is 1. The van der Waals surface area contributed by atoms with Crippen LogP contribution in [-0.4, -0.2) is 52.1 Å². The summed E-state index contributed by atoms with van der Waals surface area (Å²) in [6.45, 7) is 4.61. The van der Waals surface area contributed by atoms with E-state index in [1.165, 1.54) is 12.4 Å². The molecule has 7 nitrogen and oxygen atoms in total. The topological polar surface area (TPSA) is 91.1 Å². The van der Waals surface area contributed by atoms with Crippen molar-refractivity contribution in [1.29, 1.82) is 5.26 Å². The summed E-state index contributed by atoms with van der Waals surface area (Å²) in [7, 11) is 0. The number of hydrogen-bond acceptors (Lipinski definition) is 6. The molecule has 0 aliphatic carbocycles. The molecule has 0 saturated carbocycles. The van der Waals surface area contributed by atoms with Crippen molar-refractivity contribution >= 4 is 11.9 Å². The van der Waals surface area contributed by atoms with Crippen molar-refractivity contribution in [1.82, 2.24) is 14.9 Å². The van der Waals surface area contributed by atoms with E-state index in [9.17, 15) is 13.6 Å². The van der Waals surface area contributed by atoms with Crippen molar-refractivity contribution in [3.63, 3.8) is 0 Å². The third-order valence-electron chi connectivity index (χ3n) is 3.69. The van der Waals surface area contributed by atoms with Gasteiger partial charge in [-0.2, -0.15) is 5.26 Å². The minimum absolute atomic E-state index is 0.00423. The molecule has 2 heterocycles. The Hall–Kier alpha value is -2.50. The Morgan fingerprint density at radius 1 is 1.48 bits per heavy atom. The fourth-order valence-electron chi connectivity index (χ4n) is 2.42. The number of alkyl halides is 2. The minimum atomic E-state index is -3.04. The maximum atomic E-state index is 14.4. The molecule has 1 aliphatic rings. The summed E-state index contributed by atoms with van der Waals surface area (Å²) >= 11 is 0. The molecule has 136 valence electrons. The second-order valence-electron chi connectivity index (χ2n) is 6.93. The summed E-state index contributed by atoms with van der Waals surface area (Å²) in [5.41, 5.74) is -0.569. The van der Waals surface area contributed by atoms with Gasteiger partial charge in [-0.05, 0) is 27.2 Å². The van der Waals surface area contributed by atoms with Crippen LogP contribution in [0.2, 0.25) is 0 Å². The maximum Gasteiger partial charge on any atom is 0.410 e. The zero-order valence-corrected chi connectivity index (χ0v) is 14.4. The van der Waals surface area contributed by atoms with Gasteiger partial charge in [-0.15, -0.1) is 0 Å². The van der Waals surface area contributed by atoms with E-state index >= 15 is 0 Å². The Balaban J connectivity index is 1.91. The molecule has 1 aromatic rings. The first kappa shape index (κ1) is 18.8. The Morgan fingerprint density at radius 2 is 2.20 bits per heavy atom. The summed E-state index contributed by atoms with van der Waals surface area (Å²) in [5, 5.41) is 11.5. The number of ether oxygens (including phenoxy) is 1. The highest BCUT2D eigenvalue weighted by molar-refractivity contribution is 5.68. The maximum absolute atomic E-state index is 14.4. The van der Waals surface area contributed by atoms with Crippen LogP contribution < -0.4 is 5.32 Å². The van der Waals surface area contributed by atoms with E-state index in [-0.39, 0.29) is 25.2 Å². The number of nitrogens with zero attached hydrogens (tertiary/aromatic N) is 4. The first-order valence-corrected chi connectivity index (χ1v) is 7.92. The van der Waals surface area contributed by atoms with Gasteiger partial charge >= 0.3 is 6.09 Å². The second-order valence-corrected chi connectivity index (χ2v) is 6.93. The Kier molecular flexibility index (Phi) is 5.40. The number of nitrogens with one attached hydrogen (secondary N) is 1. The van der Waals surface area contributed by atoms with E-state index in [1.807, 2.05) is 6.07 Å². The predicted octanol–water partition coefficient (Wildman–Crippen LogP) is 2.65. The standard InChI is InChI=1S/C16H21F2N5O2/c1-15(2,3)25-14(24)23-5-4-11(16(17,18)10-23)7-21-13-9-20-12(6-19)8-22-13/h8-9,11H,4-5,7,10H2,1-3H3,(H,21,22)/t11-/m1/s1. The molecule has 0 aromatic carbocycles. The highest BCUT2D eigenvalue weighted by Gasteiger charge is 2.46. The van der Waals surface area contributed by atoms with Crippen LogP contribution in [0.25, 0.3) is 0 Å². The van der Waals surface area contributed by atoms with Crippen LogP contribution >= 0.6 is 0 Å². The molecule has 0 radical (unpaired) electrons. The third-order valence-corrected chi connectivity index (χ3v) is 3.69. The van der Waals surface area contributed by atoms with Gasteiger partial charge in [0.2, 0.25) is 0 Å². The van der Waals surface area contributed by atoms with Gasteiger partial charge in [0.25, 0.3) is 5.92 Å². The average Bonchev–Trinajstić information content (AvgIpc) is 2.52. The van der Waals surface area contributed by atoms with Crippen molar-refractivity contribution in [2.24, 2.45) is 5.92 Å². The fraction of sp³-hybridized carbons (Fsp3) is 0.625. The summed E-state index contributed by atoms with van der Waals surface area (Å²) < 4.78 is 33.9. The van der Waals surface area contributed by atoms with E-state index in [0.29, 0.717) is 5.82 Å². The lowest BCUT2D eigenvalue weighted by atomic mass is 9.93. The largest absolute Gasteiger partial charge is 0.444 e. The average molecular weight is 353 g/mol. The molecule has 1 fully saturated rings. The van der Waals surface area contributed by atoms with Crippen LogP contribution in [0, 0.1) is 17.2 Å². The second kappa shape index (κ2) is 7.17. The van der Waals surface area contributed by atoms with Crippen LogP contribution in [0.5, 0.6) is 0 Å². The summed E-state index contributed by atoms with van der Waals surface area (Å²) in [6.07, 6.45) is 2.01. The number of rotatable bonds is 3. The van der Waals surface area contributed by atoms with E-state index in [1.54, 1.807) is 20.8 Å².